The molecule has 0 rings (SSSR count). The van der Waals surface area contributed by atoms with Gasteiger partial charge in [0, 0.05) is 5.92 Å². The Balaban J connectivity index is 0. The first-order chi connectivity index (χ1) is 6.97. The van der Waals surface area contributed by atoms with Crippen molar-refractivity contribution >= 4 is 21.9 Å². The van der Waals surface area contributed by atoms with E-state index >= 15 is 0 Å². The van der Waals surface area contributed by atoms with Gasteiger partial charge >= 0.3 is 5.97 Å². The van der Waals surface area contributed by atoms with Crippen molar-refractivity contribution in [2.45, 2.75) is 27.7 Å². The van der Waals surface area contributed by atoms with Crippen LogP contribution in [0.1, 0.15) is 27.7 Å². The van der Waals surface area contributed by atoms with E-state index in [0.717, 1.165) is 6.26 Å². The number of carbonyl (C=O) groups excluding carboxylic acids is 1. The molecule has 0 atom stereocenters. The monoisotopic (exact) mass is 253 g/mol. The topological polar surface area (TPSA) is 101 Å². The second-order valence-corrected chi connectivity index (χ2v) is 5.63. The summed E-state index contributed by atoms with van der Waals surface area (Å²) in [4.78, 5) is 20.4. The molecule has 2 N–H and O–H groups in total. The van der Waals surface area contributed by atoms with E-state index in [2.05, 4.69) is 0 Å². The second-order valence-electron chi connectivity index (χ2n) is 3.89. The molecule has 0 aromatic heterocycles. The molecule has 7 heteroatoms. The van der Waals surface area contributed by atoms with Crippen molar-refractivity contribution in [1.82, 2.24) is 4.72 Å². The van der Waals surface area contributed by atoms with Gasteiger partial charge in [-0.2, -0.15) is 0 Å². The van der Waals surface area contributed by atoms with Crippen LogP contribution >= 0.6 is 0 Å². The Labute approximate surface area is 96.1 Å². The molecule has 1 amide bonds. The Morgan fingerprint density at radius 2 is 1.38 bits per heavy atom. The van der Waals surface area contributed by atoms with Crippen LogP contribution in [0.15, 0.2) is 0 Å². The largest absolute Gasteiger partial charge is 0.481 e. The van der Waals surface area contributed by atoms with Crippen molar-refractivity contribution in [3.63, 3.8) is 0 Å². The smallest absolute Gasteiger partial charge is 0.305 e. The van der Waals surface area contributed by atoms with Crippen LogP contribution < -0.4 is 4.72 Å². The Morgan fingerprint density at radius 1 is 1.06 bits per heavy atom. The lowest BCUT2D eigenvalue weighted by atomic mass is 10.2. The van der Waals surface area contributed by atoms with E-state index in [1.165, 1.54) is 0 Å². The summed E-state index contributed by atoms with van der Waals surface area (Å²) >= 11 is 0. The highest BCUT2D eigenvalue weighted by Crippen LogP contribution is 1.91. The fourth-order valence-electron chi connectivity index (χ4n) is 0.301. The van der Waals surface area contributed by atoms with Crippen LogP contribution in [-0.2, 0) is 19.6 Å². The molecule has 0 radical (unpaired) electrons. The molecule has 96 valence electrons. The molecule has 0 aromatic carbocycles. The maximum Gasteiger partial charge on any atom is 0.305 e. The van der Waals surface area contributed by atoms with Crippen molar-refractivity contribution < 1.29 is 23.1 Å². The maximum atomic E-state index is 10.7. The molecular weight excluding hydrogens is 234 g/mol. The fraction of sp³-hybridized carbons (Fsp3) is 0.778. The molecular formula is C9H19NO5S. The average molecular weight is 253 g/mol. The van der Waals surface area contributed by atoms with Crippen LogP contribution in [-0.4, -0.2) is 31.7 Å². The van der Waals surface area contributed by atoms with Crippen LogP contribution in [0.25, 0.3) is 0 Å². The average Bonchev–Trinajstić information content (AvgIpc) is 2.01. The molecule has 0 aromatic rings. The third kappa shape index (κ3) is 12.9. The van der Waals surface area contributed by atoms with Gasteiger partial charge in [-0.3, -0.25) is 14.3 Å². The van der Waals surface area contributed by atoms with Gasteiger partial charge in [0.05, 0.1) is 12.2 Å². The number of hydrogen-bond acceptors (Lipinski definition) is 4. The van der Waals surface area contributed by atoms with Crippen LogP contribution in [0, 0.1) is 11.8 Å². The first-order valence-corrected chi connectivity index (χ1v) is 6.61. The van der Waals surface area contributed by atoms with E-state index in [4.69, 9.17) is 5.11 Å². The summed E-state index contributed by atoms with van der Waals surface area (Å²) in [6.07, 6.45) is 0.952. The minimum atomic E-state index is -3.37. The molecule has 0 aliphatic carbocycles. The van der Waals surface area contributed by atoms with Crippen LogP contribution in [0.4, 0.5) is 0 Å². The normalized spacial score (nSPS) is 10.7. The summed E-state index contributed by atoms with van der Waals surface area (Å²) in [5, 5.41) is 7.99. The predicted octanol–water partition coefficient (Wildman–Crippen LogP) is 0.445. The highest BCUT2D eigenvalue weighted by molar-refractivity contribution is 7.89. The van der Waals surface area contributed by atoms with Crippen molar-refractivity contribution in [2.24, 2.45) is 11.8 Å². The minimum absolute atomic E-state index is 0.231. The Bertz CT molecular complexity index is 332. The van der Waals surface area contributed by atoms with Gasteiger partial charge in [-0.1, -0.05) is 27.7 Å². The van der Waals surface area contributed by atoms with E-state index in [-0.39, 0.29) is 11.8 Å². The van der Waals surface area contributed by atoms with Gasteiger partial charge in [0.1, 0.15) is 0 Å². The number of hydrogen-bond donors (Lipinski definition) is 2. The molecule has 0 spiro atoms. The SMILES string of the molecule is CC(C)C(=O)NS(C)(=O)=O.CC(C)C(=O)O. The van der Waals surface area contributed by atoms with Gasteiger partial charge in [0.25, 0.3) is 0 Å². The molecule has 0 unspecified atom stereocenters. The number of rotatable bonds is 3. The van der Waals surface area contributed by atoms with Gasteiger partial charge in [0.2, 0.25) is 15.9 Å². The van der Waals surface area contributed by atoms with Crippen molar-refractivity contribution in [3.05, 3.63) is 0 Å². The van der Waals surface area contributed by atoms with Crippen molar-refractivity contribution in [2.75, 3.05) is 6.26 Å². The van der Waals surface area contributed by atoms with Crippen LogP contribution in [0.3, 0.4) is 0 Å². The molecule has 16 heavy (non-hydrogen) atoms. The molecule has 0 heterocycles. The zero-order valence-electron chi connectivity index (χ0n) is 10.1. The van der Waals surface area contributed by atoms with Gasteiger partial charge in [-0.05, 0) is 0 Å². The maximum absolute atomic E-state index is 10.7. The highest BCUT2D eigenvalue weighted by Gasteiger charge is 2.10. The number of sulfonamides is 1. The lowest BCUT2D eigenvalue weighted by Gasteiger charge is -2.03. The van der Waals surface area contributed by atoms with E-state index < -0.39 is 21.9 Å². The third-order valence-corrected chi connectivity index (χ3v) is 1.88. The van der Waals surface area contributed by atoms with E-state index in [1.54, 1.807) is 27.7 Å². The summed E-state index contributed by atoms with van der Waals surface area (Å²) < 4.78 is 22.7. The molecule has 0 saturated carbocycles. The number of nitrogens with one attached hydrogen (secondary N) is 1. The third-order valence-electron chi connectivity index (χ3n) is 1.30. The predicted molar refractivity (Wildman–Crippen MR) is 60.3 cm³/mol. The van der Waals surface area contributed by atoms with Gasteiger partial charge in [-0.15, -0.1) is 0 Å². The highest BCUT2D eigenvalue weighted by atomic mass is 32.2. The lowest BCUT2D eigenvalue weighted by Crippen LogP contribution is -2.32. The quantitative estimate of drug-likeness (QED) is 0.760. The lowest BCUT2D eigenvalue weighted by molar-refractivity contribution is -0.140. The van der Waals surface area contributed by atoms with E-state index in [0.29, 0.717) is 0 Å². The summed E-state index contributed by atoms with van der Waals surface area (Å²) in [6.45, 7) is 6.53. The second kappa shape index (κ2) is 7.21. The number of carboxylic acid groups (broad SMARTS) is 1. The van der Waals surface area contributed by atoms with Crippen LogP contribution in [0.2, 0.25) is 0 Å². The fourth-order valence-corrected chi connectivity index (χ4v) is 0.902. The molecule has 0 aliphatic heterocycles. The molecule has 6 nitrogen and oxygen atoms in total. The summed E-state index contributed by atoms with van der Waals surface area (Å²) in [5.74, 6) is -1.74. The first kappa shape index (κ1) is 17.3. The molecule has 0 aliphatic rings. The number of amides is 1. The Hall–Kier alpha value is -1.11. The summed E-state index contributed by atoms with van der Waals surface area (Å²) in [6, 6.07) is 0. The number of carbonyl (C=O) groups is 2. The Morgan fingerprint density at radius 3 is 1.44 bits per heavy atom. The number of carboxylic acids is 1. The molecule has 0 fully saturated rings. The van der Waals surface area contributed by atoms with E-state index in [1.807, 2.05) is 4.72 Å². The van der Waals surface area contributed by atoms with Crippen LogP contribution in [0.5, 0.6) is 0 Å². The zero-order valence-corrected chi connectivity index (χ0v) is 11.0. The van der Waals surface area contributed by atoms with E-state index in [9.17, 15) is 18.0 Å². The van der Waals surface area contributed by atoms with Crippen molar-refractivity contribution in [1.29, 1.82) is 0 Å². The standard InChI is InChI=1S/C5H11NO3S.C4H8O2/c1-4(2)5(7)6-10(3,8)9;1-3(2)4(5)6/h4H,1-3H3,(H,6,7);3H,1-2H3,(H,5,6). The zero-order chi connectivity index (χ0) is 13.5. The van der Waals surface area contributed by atoms with Gasteiger partial charge < -0.3 is 5.11 Å². The number of aliphatic carboxylic acids is 1. The van der Waals surface area contributed by atoms with Crippen molar-refractivity contribution in [3.8, 4) is 0 Å². The Kier molecular flexibility index (Phi) is 7.79. The van der Waals surface area contributed by atoms with Gasteiger partial charge in [0.15, 0.2) is 0 Å². The van der Waals surface area contributed by atoms with Gasteiger partial charge in [-0.25, -0.2) is 8.42 Å². The molecule has 0 saturated heterocycles. The minimum Gasteiger partial charge on any atom is -0.481 e. The summed E-state index contributed by atoms with van der Waals surface area (Å²) in [7, 11) is -3.37. The summed E-state index contributed by atoms with van der Waals surface area (Å²) in [5.41, 5.74) is 0. The molecule has 0 bridgehead atoms. The first-order valence-electron chi connectivity index (χ1n) is 4.71.